The average molecular weight is 270 g/mol. The van der Waals surface area contributed by atoms with Gasteiger partial charge >= 0.3 is 5.97 Å². The Labute approximate surface area is 108 Å². The van der Waals surface area contributed by atoms with Gasteiger partial charge in [0.1, 0.15) is 0 Å². The van der Waals surface area contributed by atoms with E-state index in [4.69, 9.17) is 9.84 Å². The van der Waals surface area contributed by atoms with Crippen LogP contribution in [-0.4, -0.2) is 52.1 Å². The number of ether oxygens (including phenoxy) is 1. The van der Waals surface area contributed by atoms with E-state index in [1.165, 1.54) is 11.5 Å². The fourth-order valence-electron chi connectivity index (χ4n) is 1.89. The van der Waals surface area contributed by atoms with Gasteiger partial charge in [-0.2, -0.15) is 4.37 Å². The molecule has 2 heterocycles. The zero-order valence-corrected chi connectivity index (χ0v) is 10.8. The van der Waals surface area contributed by atoms with Crippen LogP contribution in [0.3, 0.4) is 0 Å². The highest BCUT2D eigenvalue weighted by Crippen LogP contribution is 2.16. The van der Waals surface area contributed by atoms with Crippen LogP contribution in [0, 0.1) is 6.92 Å². The molecule has 0 unspecified atom stereocenters. The molecule has 1 saturated heterocycles. The monoisotopic (exact) mass is 270 g/mol. The molecule has 1 fully saturated rings. The number of hydrogen-bond acceptors (Lipinski definition) is 5. The summed E-state index contributed by atoms with van der Waals surface area (Å²) in [6, 6.07) is 0. The summed E-state index contributed by atoms with van der Waals surface area (Å²) in [6.07, 6.45) is -0.503. The lowest BCUT2D eigenvalue weighted by Gasteiger charge is -2.32. The molecule has 0 spiro atoms. The van der Waals surface area contributed by atoms with Gasteiger partial charge in [0.25, 0.3) is 5.91 Å². The summed E-state index contributed by atoms with van der Waals surface area (Å²) in [5.74, 6) is -1.01. The number of aryl methyl sites for hydroxylation is 1. The van der Waals surface area contributed by atoms with Crippen molar-refractivity contribution in [1.29, 1.82) is 0 Å². The SMILES string of the molecule is Cc1nscc1C(=O)N1CCO[C@H](CC(=O)O)C1. The van der Waals surface area contributed by atoms with Crippen LogP contribution in [0.25, 0.3) is 0 Å². The second-order valence-electron chi connectivity index (χ2n) is 4.16. The molecule has 0 aliphatic carbocycles. The molecule has 6 nitrogen and oxygen atoms in total. The third-order valence-electron chi connectivity index (χ3n) is 2.81. The molecule has 1 aromatic rings. The highest BCUT2D eigenvalue weighted by molar-refractivity contribution is 7.03. The first-order valence-electron chi connectivity index (χ1n) is 5.61. The Hall–Kier alpha value is -1.47. The fourth-order valence-corrected chi connectivity index (χ4v) is 2.58. The van der Waals surface area contributed by atoms with E-state index in [2.05, 4.69) is 4.37 Å². The van der Waals surface area contributed by atoms with E-state index in [9.17, 15) is 9.59 Å². The van der Waals surface area contributed by atoms with Crippen molar-refractivity contribution in [2.24, 2.45) is 0 Å². The predicted octanol–water partition coefficient (Wildman–Crippen LogP) is 0.767. The molecule has 0 radical (unpaired) electrons. The van der Waals surface area contributed by atoms with E-state index in [1.54, 1.807) is 17.2 Å². The number of rotatable bonds is 3. The number of carboxylic acids is 1. The molecule has 1 aliphatic heterocycles. The molecule has 0 saturated carbocycles. The number of amides is 1. The number of aliphatic carboxylic acids is 1. The average Bonchev–Trinajstić information content (AvgIpc) is 2.74. The number of aromatic nitrogens is 1. The lowest BCUT2D eigenvalue weighted by atomic mass is 10.1. The van der Waals surface area contributed by atoms with E-state index in [0.29, 0.717) is 31.0 Å². The summed E-state index contributed by atoms with van der Waals surface area (Å²) in [6.45, 7) is 2.98. The molecule has 1 aliphatic rings. The molecule has 1 amide bonds. The Morgan fingerprint density at radius 2 is 2.44 bits per heavy atom. The largest absolute Gasteiger partial charge is 0.481 e. The van der Waals surface area contributed by atoms with Gasteiger partial charge in [-0.1, -0.05) is 0 Å². The van der Waals surface area contributed by atoms with Gasteiger partial charge in [0.2, 0.25) is 0 Å². The first kappa shape index (κ1) is 13.0. The van der Waals surface area contributed by atoms with Gasteiger partial charge in [0.15, 0.2) is 0 Å². The van der Waals surface area contributed by atoms with Crippen molar-refractivity contribution < 1.29 is 19.4 Å². The van der Waals surface area contributed by atoms with Gasteiger partial charge in [-0.15, -0.1) is 0 Å². The minimum absolute atomic E-state index is 0.0787. The molecule has 7 heteroatoms. The molecular weight excluding hydrogens is 256 g/mol. The van der Waals surface area contributed by atoms with Crippen molar-refractivity contribution in [1.82, 2.24) is 9.27 Å². The highest BCUT2D eigenvalue weighted by atomic mass is 32.1. The van der Waals surface area contributed by atoms with Gasteiger partial charge in [0, 0.05) is 18.5 Å². The van der Waals surface area contributed by atoms with Crippen molar-refractivity contribution in [2.45, 2.75) is 19.4 Å². The van der Waals surface area contributed by atoms with E-state index in [1.807, 2.05) is 0 Å². The predicted molar refractivity (Wildman–Crippen MR) is 64.7 cm³/mol. The van der Waals surface area contributed by atoms with Gasteiger partial charge in [-0.25, -0.2) is 0 Å². The van der Waals surface area contributed by atoms with Gasteiger partial charge in [0.05, 0.1) is 30.4 Å². The molecule has 18 heavy (non-hydrogen) atoms. The lowest BCUT2D eigenvalue weighted by Crippen LogP contribution is -2.46. The molecule has 98 valence electrons. The summed E-state index contributed by atoms with van der Waals surface area (Å²) in [5, 5.41) is 10.4. The standard InChI is InChI=1S/C11H14N2O4S/c1-7-9(6-18-12-7)11(16)13-2-3-17-8(5-13)4-10(14)15/h6,8H,2-5H2,1H3,(H,14,15)/t8-/m1/s1. The fraction of sp³-hybridized carbons (Fsp3) is 0.545. The van der Waals surface area contributed by atoms with Crippen LogP contribution in [0.5, 0.6) is 0 Å². The summed E-state index contributed by atoms with van der Waals surface area (Å²) >= 11 is 1.25. The van der Waals surface area contributed by atoms with Crippen LogP contribution in [0.15, 0.2) is 5.38 Å². The summed E-state index contributed by atoms with van der Waals surface area (Å²) in [5.41, 5.74) is 1.31. The maximum atomic E-state index is 12.2. The van der Waals surface area contributed by atoms with Crippen LogP contribution in [0.1, 0.15) is 22.5 Å². The second kappa shape index (κ2) is 5.45. The first-order chi connectivity index (χ1) is 8.58. The number of carbonyl (C=O) groups is 2. The molecule has 1 N–H and O–H groups in total. The second-order valence-corrected chi connectivity index (χ2v) is 4.78. The number of hydrogen-bond donors (Lipinski definition) is 1. The van der Waals surface area contributed by atoms with Crippen LogP contribution >= 0.6 is 11.5 Å². The third kappa shape index (κ3) is 2.85. The minimum Gasteiger partial charge on any atom is -0.481 e. The van der Waals surface area contributed by atoms with Gasteiger partial charge < -0.3 is 14.7 Å². The quantitative estimate of drug-likeness (QED) is 0.877. The number of nitrogens with zero attached hydrogens (tertiary/aromatic N) is 2. The van der Waals surface area contributed by atoms with Crippen molar-refractivity contribution in [3.63, 3.8) is 0 Å². The van der Waals surface area contributed by atoms with Gasteiger partial charge in [-0.3, -0.25) is 9.59 Å². The highest BCUT2D eigenvalue weighted by Gasteiger charge is 2.27. The Morgan fingerprint density at radius 3 is 3.06 bits per heavy atom. The van der Waals surface area contributed by atoms with Crippen LogP contribution in [0.2, 0.25) is 0 Å². The Morgan fingerprint density at radius 1 is 1.67 bits per heavy atom. The Bertz CT molecular complexity index is 460. The minimum atomic E-state index is -0.914. The summed E-state index contributed by atoms with van der Waals surface area (Å²) < 4.78 is 9.40. The van der Waals surface area contributed by atoms with E-state index < -0.39 is 12.1 Å². The molecule has 1 atom stereocenters. The van der Waals surface area contributed by atoms with Crippen LogP contribution < -0.4 is 0 Å². The zero-order valence-electron chi connectivity index (χ0n) is 9.96. The first-order valence-corrected chi connectivity index (χ1v) is 6.45. The normalized spacial score (nSPS) is 19.8. The van der Waals surface area contributed by atoms with E-state index in [-0.39, 0.29) is 12.3 Å². The smallest absolute Gasteiger partial charge is 0.306 e. The Kier molecular flexibility index (Phi) is 3.93. The molecule has 0 aromatic carbocycles. The molecule has 2 rings (SSSR count). The van der Waals surface area contributed by atoms with Crippen molar-refractivity contribution in [2.75, 3.05) is 19.7 Å². The topological polar surface area (TPSA) is 79.7 Å². The molecule has 0 bridgehead atoms. The van der Waals surface area contributed by atoms with Crippen molar-refractivity contribution in [3.8, 4) is 0 Å². The summed E-state index contributed by atoms with van der Waals surface area (Å²) in [4.78, 5) is 24.5. The van der Waals surface area contributed by atoms with Crippen molar-refractivity contribution >= 4 is 23.4 Å². The number of morpholine rings is 1. The van der Waals surface area contributed by atoms with E-state index in [0.717, 1.165) is 0 Å². The van der Waals surface area contributed by atoms with Crippen LogP contribution in [-0.2, 0) is 9.53 Å². The number of carboxylic acid groups (broad SMARTS) is 1. The van der Waals surface area contributed by atoms with Gasteiger partial charge in [-0.05, 0) is 18.5 Å². The molecule has 1 aromatic heterocycles. The number of carbonyl (C=O) groups excluding carboxylic acids is 1. The zero-order chi connectivity index (χ0) is 13.1. The summed E-state index contributed by atoms with van der Waals surface area (Å²) in [7, 11) is 0. The maximum absolute atomic E-state index is 12.2. The van der Waals surface area contributed by atoms with E-state index >= 15 is 0 Å². The Balaban J connectivity index is 2.03. The maximum Gasteiger partial charge on any atom is 0.306 e. The third-order valence-corrected chi connectivity index (χ3v) is 3.53. The van der Waals surface area contributed by atoms with Crippen LogP contribution in [0.4, 0.5) is 0 Å². The lowest BCUT2D eigenvalue weighted by molar-refractivity contribution is -0.141. The molecular formula is C11H14N2O4S. The van der Waals surface area contributed by atoms with Crippen molar-refractivity contribution in [3.05, 3.63) is 16.6 Å².